The van der Waals surface area contributed by atoms with Gasteiger partial charge in [-0.1, -0.05) is 37.3 Å². The van der Waals surface area contributed by atoms with Gasteiger partial charge in [0, 0.05) is 6.54 Å². The van der Waals surface area contributed by atoms with Gasteiger partial charge in [0.05, 0.1) is 16.2 Å². The van der Waals surface area contributed by atoms with Crippen LogP contribution in [-0.4, -0.2) is 55.7 Å². The molecule has 2 unspecified atom stereocenters. The zero-order valence-corrected chi connectivity index (χ0v) is 27.0. The summed E-state index contributed by atoms with van der Waals surface area (Å²) < 4.78 is 18.1. The number of rotatable bonds is 14. The van der Waals surface area contributed by atoms with E-state index in [-0.39, 0.29) is 44.0 Å². The van der Waals surface area contributed by atoms with Gasteiger partial charge in [-0.3, -0.25) is 14.4 Å². The van der Waals surface area contributed by atoms with Crippen LogP contribution in [0.3, 0.4) is 0 Å². The van der Waals surface area contributed by atoms with E-state index >= 15 is 0 Å². The number of carbonyl (C=O) groups excluding carboxylic acids is 3. The number of hydrogen-bond acceptors (Lipinski definition) is 7. The number of ether oxygens (including phenoxy) is 3. The number of hydrogen-bond donors (Lipinski definition) is 0. The highest BCUT2D eigenvalue weighted by molar-refractivity contribution is 5.83. The number of carbonyl (C=O) groups is 3. The normalized spacial score (nSPS) is 27.7. The smallest absolute Gasteiger partial charge is 0.312 e. The van der Waals surface area contributed by atoms with Crippen molar-refractivity contribution in [1.82, 2.24) is 4.90 Å². The highest BCUT2D eigenvalue weighted by Crippen LogP contribution is 2.58. The average Bonchev–Trinajstić information content (AvgIpc) is 2.90. The van der Waals surface area contributed by atoms with E-state index in [0.717, 1.165) is 24.8 Å². The maximum atomic E-state index is 14.4. The molecule has 5 rings (SSSR count). The van der Waals surface area contributed by atoms with Crippen molar-refractivity contribution in [2.24, 2.45) is 34.0 Å². The van der Waals surface area contributed by atoms with Crippen LogP contribution in [0, 0.1) is 34.0 Å². The summed E-state index contributed by atoms with van der Waals surface area (Å²) in [5.41, 5.74) is -2.49. The standard InChI is InChI=1S/C35H53NO6/c1-8-33(4,30(38)41-22-25-12-10-9-11-13-25)24-34(5,23-32(2,3)29(37)40-15-14-36(6)7)31(39)42-35-19-26-16-27(20-35)18-28(17-26)21-35/h9-13,26-28H,8,14-24H2,1-7H3. The van der Waals surface area contributed by atoms with E-state index in [2.05, 4.69) is 0 Å². The van der Waals surface area contributed by atoms with Gasteiger partial charge in [0.1, 0.15) is 18.8 Å². The molecule has 0 radical (unpaired) electrons. The van der Waals surface area contributed by atoms with Crippen molar-refractivity contribution in [2.75, 3.05) is 27.2 Å². The third-order valence-electron chi connectivity index (χ3n) is 10.2. The summed E-state index contributed by atoms with van der Waals surface area (Å²) in [4.78, 5) is 43.3. The Morgan fingerprint density at radius 3 is 1.90 bits per heavy atom. The maximum Gasteiger partial charge on any atom is 0.312 e. The molecule has 0 aromatic heterocycles. The molecule has 0 spiro atoms. The largest absolute Gasteiger partial charge is 0.464 e. The molecule has 7 nitrogen and oxygen atoms in total. The Morgan fingerprint density at radius 2 is 1.38 bits per heavy atom. The fourth-order valence-electron chi connectivity index (χ4n) is 8.35. The lowest BCUT2D eigenvalue weighted by molar-refractivity contribution is -0.201. The highest BCUT2D eigenvalue weighted by atomic mass is 16.6. The zero-order chi connectivity index (χ0) is 30.8. The van der Waals surface area contributed by atoms with Crippen LogP contribution >= 0.6 is 0 Å². The van der Waals surface area contributed by atoms with Crippen LogP contribution in [-0.2, 0) is 35.2 Å². The molecular formula is C35H53NO6. The summed E-state index contributed by atoms with van der Waals surface area (Å²) >= 11 is 0. The Labute approximate surface area is 253 Å². The van der Waals surface area contributed by atoms with Crippen LogP contribution in [0.25, 0.3) is 0 Å². The van der Waals surface area contributed by atoms with Crippen LogP contribution in [0.5, 0.6) is 0 Å². The summed E-state index contributed by atoms with van der Waals surface area (Å²) in [6.45, 7) is 10.4. The number of likely N-dealkylation sites (N-methyl/N-ethyl adjacent to an activating group) is 1. The average molecular weight is 584 g/mol. The molecule has 4 saturated carbocycles. The summed E-state index contributed by atoms with van der Waals surface area (Å²) in [6, 6.07) is 9.61. The molecule has 1 aromatic carbocycles. The van der Waals surface area contributed by atoms with Crippen molar-refractivity contribution in [1.29, 1.82) is 0 Å². The molecule has 4 aliphatic rings. The minimum absolute atomic E-state index is 0.174. The Kier molecular flexibility index (Phi) is 9.81. The SMILES string of the molecule is CCC(C)(CC(C)(CC(C)(C)C(=O)OCCN(C)C)C(=O)OC12CC3CC(CC(C3)C1)C2)C(=O)OCc1ccccc1. The van der Waals surface area contributed by atoms with Gasteiger partial charge in [-0.15, -0.1) is 0 Å². The van der Waals surface area contributed by atoms with Crippen LogP contribution in [0.4, 0.5) is 0 Å². The lowest BCUT2D eigenvalue weighted by Gasteiger charge is -2.56. The van der Waals surface area contributed by atoms with Crippen molar-refractivity contribution < 1.29 is 28.6 Å². The van der Waals surface area contributed by atoms with Gasteiger partial charge in [-0.05, 0) is 123 Å². The fourth-order valence-corrected chi connectivity index (χ4v) is 8.35. The van der Waals surface area contributed by atoms with E-state index in [1.165, 1.54) is 19.3 Å². The number of nitrogens with zero attached hydrogens (tertiary/aromatic N) is 1. The van der Waals surface area contributed by atoms with Gasteiger partial charge in [0.25, 0.3) is 0 Å². The second-order valence-electron chi connectivity index (χ2n) is 15.2. The molecular weight excluding hydrogens is 530 g/mol. The van der Waals surface area contributed by atoms with Gasteiger partial charge in [0.15, 0.2) is 0 Å². The molecule has 0 saturated heterocycles. The molecule has 4 aliphatic carbocycles. The predicted molar refractivity (Wildman–Crippen MR) is 162 cm³/mol. The third kappa shape index (κ3) is 7.56. The van der Waals surface area contributed by atoms with Gasteiger partial charge in [0.2, 0.25) is 0 Å². The Hall–Kier alpha value is -2.41. The first-order valence-corrected chi connectivity index (χ1v) is 15.9. The molecule has 234 valence electrons. The lowest BCUT2D eigenvalue weighted by atomic mass is 9.54. The van der Waals surface area contributed by atoms with E-state index < -0.39 is 21.8 Å². The molecule has 2 atom stereocenters. The number of esters is 3. The van der Waals surface area contributed by atoms with Crippen molar-refractivity contribution in [2.45, 2.75) is 105 Å². The summed E-state index contributed by atoms with van der Waals surface area (Å²) in [5, 5.41) is 0. The summed E-state index contributed by atoms with van der Waals surface area (Å²) in [5.74, 6) is 0.915. The first kappa shape index (κ1) is 32.5. The minimum Gasteiger partial charge on any atom is -0.464 e. The second kappa shape index (κ2) is 12.7. The summed E-state index contributed by atoms with van der Waals surface area (Å²) in [7, 11) is 3.86. The molecule has 0 amide bonds. The van der Waals surface area contributed by atoms with Gasteiger partial charge in [-0.25, -0.2) is 0 Å². The summed E-state index contributed by atoms with van der Waals surface area (Å²) in [6.07, 6.45) is 7.48. The van der Waals surface area contributed by atoms with Crippen LogP contribution in [0.15, 0.2) is 30.3 Å². The Morgan fingerprint density at radius 1 is 0.810 bits per heavy atom. The van der Waals surface area contributed by atoms with Crippen LogP contribution in [0.1, 0.15) is 98.0 Å². The van der Waals surface area contributed by atoms with Gasteiger partial charge < -0.3 is 19.1 Å². The minimum atomic E-state index is -1.09. The van der Waals surface area contributed by atoms with Gasteiger partial charge >= 0.3 is 17.9 Å². The zero-order valence-electron chi connectivity index (χ0n) is 27.0. The van der Waals surface area contributed by atoms with Crippen molar-refractivity contribution in [3.63, 3.8) is 0 Å². The van der Waals surface area contributed by atoms with E-state index in [9.17, 15) is 14.4 Å². The van der Waals surface area contributed by atoms with Crippen molar-refractivity contribution in [3.05, 3.63) is 35.9 Å². The van der Waals surface area contributed by atoms with Crippen molar-refractivity contribution >= 4 is 17.9 Å². The molecule has 4 bridgehead atoms. The molecule has 1 aromatic rings. The number of benzene rings is 1. The lowest BCUT2D eigenvalue weighted by Crippen LogP contribution is -2.55. The van der Waals surface area contributed by atoms with Crippen molar-refractivity contribution in [3.8, 4) is 0 Å². The van der Waals surface area contributed by atoms with Crippen LogP contribution in [0.2, 0.25) is 0 Å². The Balaban J connectivity index is 1.56. The third-order valence-corrected chi connectivity index (χ3v) is 10.2. The molecule has 42 heavy (non-hydrogen) atoms. The molecule has 0 heterocycles. The maximum absolute atomic E-state index is 14.4. The van der Waals surface area contributed by atoms with E-state index in [1.54, 1.807) is 0 Å². The first-order chi connectivity index (χ1) is 19.7. The molecule has 0 aliphatic heterocycles. The first-order valence-electron chi connectivity index (χ1n) is 15.9. The van der Waals surface area contributed by atoms with E-state index in [4.69, 9.17) is 14.2 Å². The van der Waals surface area contributed by atoms with Crippen LogP contribution < -0.4 is 0 Å². The van der Waals surface area contributed by atoms with Gasteiger partial charge in [-0.2, -0.15) is 0 Å². The van der Waals surface area contributed by atoms with E-state index in [1.807, 2.05) is 83.9 Å². The monoisotopic (exact) mass is 583 g/mol. The fraction of sp³-hybridized carbons (Fsp3) is 0.743. The van der Waals surface area contributed by atoms with E-state index in [0.29, 0.717) is 30.7 Å². The quantitative estimate of drug-likeness (QED) is 0.181. The molecule has 7 heteroatoms. The molecule has 4 fully saturated rings. The molecule has 0 N–H and O–H groups in total. The second-order valence-corrected chi connectivity index (χ2v) is 15.2. The topological polar surface area (TPSA) is 82.1 Å². The predicted octanol–water partition coefficient (Wildman–Crippen LogP) is 6.58. The Bertz CT molecular complexity index is 1080. The highest BCUT2D eigenvalue weighted by Gasteiger charge is 2.56.